The van der Waals surface area contributed by atoms with Crippen molar-refractivity contribution >= 4 is 11.4 Å². The first kappa shape index (κ1) is 47.1. The maximum atomic E-state index is 3.64. The number of hydrogen-bond acceptors (Lipinski definition) is 2. The Morgan fingerprint density at radius 2 is 0.642 bits per heavy atom. The van der Waals surface area contributed by atoms with Gasteiger partial charge < -0.3 is 10.6 Å². The molecule has 0 fully saturated rings. The van der Waals surface area contributed by atoms with Crippen LogP contribution in [0.25, 0.3) is 0 Å². The Morgan fingerprint density at radius 3 is 0.925 bits per heavy atom. The van der Waals surface area contributed by atoms with Crippen LogP contribution in [-0.2, 0) is 13.1 Å². The van der Waals surface area contributed by atoms with E-state index in [1.807, 2.05) is 0 Å². The summed E-state index contributed by atoms with van der Waals surface area (Å²) in [5, 5.41) is 7.28. The minimum Gasteiger partial charge on any atom is -0.385 e. The number of aryl methyl sites for hydroxylation is 2. The minimum absolute atomic E-state index is 0.381. The molecule has 2 rings (SSSR count). The van der Waals surface area contributed by atoms with Crippen LogP contribution in [0.5, 0.6) is 0 Å². The molecule has 2 N–H and O–H groups in total. The van der Waals surface area contributed by atoms with Crippen molar-refractivity contribution in [3.05, 3.63) is 49.1 Å². The minimum atomic E-state index is 0.381. The number of rotatable bonds is 38. The number of nitrogens with zero attached hydrogens (tertiary/aromatic N) is 2. The number of pyridine rings is 2. The zero-order valence-electron chi connectivity index (χ0n) is 36.1. The smallest absolute Gasteiger partial charge is 0.170 e. The fourth-order valence-corrected chi connectivity index (χ4v) is 7.80. The van der Waals surface area contributed by atoms with Gasteiger partial charge in [-0.3, -0.25) is 0 Å². The number of unbranched alkanes of at least 4 members (excludes halogenated alkanes) is 24. The van der Waals surface area contributed by atoms with Crippen molar-refractivity contribution in [1.29, 1.82) is 0 Å². The molecule has 0 aromatic carbocycles. The number of hydrogen-bond donors (Lipinski definition) is 2. The first-order valence-corrected chi connectivity index (χ1v) is 23.5. The van der Waals surface area contributed by atoms with E-state index >= 15 is 0 Å². The van der Waals surface area contributed by atoms with Crippen molar-refractivity contribution < 1.29 is 9.13 Å². The quantitative estimate of drug-likeness (QED) is 0.0532. The topological polar surface area (TPSA) is 31.8 Å². The van der Waals surface area contributed by atoms with Gasteiger partial charge in [0, 0.05) is 61.6 Å². The summed E-state index contributed by atoms with van der Waals surface area (Å²) in [5.41, 5.74) is 2.90. The van der Waals surface area contributed by atoms with E-state index in [1.54, 1.807) is 0 Å². The molecular formula is C49H90N4+2. The molecule has 0 amide bonds. The van der Waals surface area contributed by atoms with Gasteiger partial charge in [-0.1, -0.05) is 182 Å². The Kier molecular flexibility index (Phi) is 29.5. The fourth-order valence-electron chi connectivity index (χ4n) is 7.80. The molecule has 2 aromatic heterocycles. The van der Waals surface area contributed by atoms with Crippen molar-refractivity contribution in [2.24, 2.45) is 5.41 Å². The van der Waals surface area contributed by atoms with Gasteiger partial charge in [-0.15, -0.1) is 0 Å². The third kappa shape index (κ3) is 28.0. The van der Waals surface area contributed by atoms with E-state index in [1.165, 1.54) is 204 Å². The maximum absolute atomic E-state index is 3.64. The SMILES string of the molecule is CCCCCCCCCCCCCCCNc1cc[n+](CCCC(C)(C)CCC[n+]2ccc(NCCCCCCCCCCCCCCC)cc2)cc1. The second-order valence-corrected chi connectivity index (χ2v) is 17.4. The van der Waals surface area contributed by atoms with E-state index in [0.29, 0.717) is 5.41 Å². The summed E-state index contributed by atoms with van der Waals surface area (Å²) in [7, 11) is 0. The molecule has 2 aromatic rings. The second kappa shape index (κ2) is 33.3. The van der Waals surface area contributed by atoms with Crippen LogP contribution in [0.3, 0.4) is 0 Å². The molecule has 0 spiro atoms. The third-order valence-electron chi connectivity index (χ3n) is 11.5. The first-order valence-electron chi connectivity index (χ1n) is 23.5. The van der Waals surface area contributed by atoms with E-state index < -0.39 is 0 Å². The lowest BCUT2D eigenvalue weighted by molar-refractivity contribution is -0.698. The molecule has 0 saturated heterocycles. The Morgan fingerprint density at radius 1 is 0.377 bits per heavy atom. The van der Waals surface area contributed by atoms with Gasteiger partial charge in [0.15, 0.2) is 24.8 Å². The zero-order valence-corrected chi connectivity index (χ0v) is 36.1. The van der Waals surface area contributed by atoms with Gasteiger partial charge in [0.1, 0.15) is 13.1 Å². The first-order chi connectivity index (χ1) is 26.0. The molecule has 2 heterocycles. The maximum Gasteiger partial charge on any atom is 0.170 e. The lowest BCUT2D eigenvalue weighted by atomic mass is 9.83. The molecule has 4 nitrogen and oxygen atoms in total. The van der Waals surface area contributed by atoms with Crippen molar-refractivity contribution in [3.63, 3.8) is 0 Å². The summed E-state index contributed by atoms with van der Waals surface area (Å²) in [4.78, 5) is 0. The van der Waals surface area contributed by atoms with Crippen LogP contribution in [0.15, 0.2) is 49.1 Å². The highest BCUT2D eigenvalue weighted by molar-refractivity contribution is 5.40. The lowest BCUT2D eigenvalue weighted by Crippen LogP contribution is -2.34. The average Bonchev–Trinajstić information content (AvgIpc) is 3.16. The molecule has 0 atom stereocenters. The van der Waals surface area contributed by atoms with Gasteiger partial charge in [-0.05, 0) is 31.1 Å². The highest BCUT2D eigenvalue weighted by Crippen LogP contribution is 2.28. The van der Waals surface area contributed by atoms with Crippen molar-refractivity contribution in [1.82, 2.24) is 0 Å². The van der Waals surface area contributed by atoms with Gasteiger partial charge in [0.25, 0.3) is 0 Å². The van der Waals surface area contributed by atoms with E-state index in [9.17, 15) is 0 Å². The molecule has 0 aliphatic carbocycles. The Balaban J connectivity index is 1.42. The van der Waals surface area contributed by atoms with Crippen LogP contribution in [0.1, 0.15) is 220 Å². The van der Waals surface area contributed by atoms with Gasteiger partial charge in [-0.2, -0.15) is 0 Å². The predicted octanol–water partition coefficient (Wildman–Crippen LogP) is 14.6. The lowest BCUT2D eigenvalue weighted by Gasteiger charge is -2.23. The van der Waals surface area contributed by atoms with Gasteiger partial charge in [-0.25, -0.2) is 9.13 Å². The predicted molar refractivity (Wildman–Crippen MR) is 234 cm³/mol. The van der Waals surface area contributed by atoms with Crippen LogP contribution < -0.4 is 19.8 Å². The van der Waals surface area contributed by atoms with Crippen LogP contribution in [0.4, 0.5) is 11.4 Å². The summed E-state index contributed by atoms with van der Waals surface area (Å²) in [6, 6.07) is 9.02. The van der Waals surface area contributed by atoms with Gasteiger partial charge >= 0.3 is 0 Å². The highest BCUT2D eigenvalue weighted by Gasteiger charge is 2.19. The number of anilines is 2. The Bertz CT molecular complexity index is 964. The third-order valence-corrected chi connectivity index (χ3v) is 11.5. The summed E-state index contributed by atoms with van der Waals surface area (Å²) < 4.78 is 4.72. The normalized spacial score (nSPS) is 11.7. The summed E-state index contributed by atoms with van der Waals surface area (Å²) in [5.74, 6) is 0. The zero-order chi connectivity index (χ0) is 37.9. The molecule has 4 heteroatoms. The molecule has 0 bridgehead atoms. The van der Waals surface area contributed by atoms with Crippen LogP contribution >= 0.6 is 0 Å². The molecule has 0 aliphatic rings. The largest absolute Gasteiger partial charge is 0.385 e. The fraction of sp³-hybridized carbons (Fsp3) is 0.796. The molecule has 0 unspecified atom stereocenters. The summed E-state index contributed by atoms with van der Waals surface area (Å²) >= 11 is 0. The van der Waals surface area contributed by atoms with Crippen LogP contribution in [0, 0.1) is 5.41 Å². The molecule has 0 aliphatic heterocycles. The van der Waals surface area contributed by atoms with Crippen LogP contribution in [-0.4, -0.2) is 13.1 Å². The van der Waals surface area contributed by atoms with Crippen molar-refractivity contribution in [2.75, 3.05) is 23.7 Å². The van der Waals surface area contributed by atoms with E-state index in [4.69, 9.17) is 0 Å². The standard InChI is InChI=1S/C49H88N4/c1-5-7-9-11-13-15-17-19-21-23-25-27-29-39-50-47-33-43-52(44-34-47)41-31-37-49(3,4)38-32-42-53-45-35-48(36-46-53)51-40-30-28-26-24-22-20-18-16-14-12-10-8-6-2/h33-36,43-46H,5-32,37-42H2,1-4H3/p+2. The van der Waals surface area contributed by atoms with Crippen molar-refractivity contribution in [2.45, 2.75) is 233 Å². The van der Waals surface area contributed by atoms with Crippen molar-refractivity contribution in [3.8, 4) is 0 Å². The molecule has 304 valence electrons. The molecule has 0 radical (unpaired) electrons. The van der Waals surface area contributed by atoms with Gasteiger partial charge in [0.05, 0.1) is 0 Å². The molecule has 0 saturated carbocycles. The van der Waals surface area contributed by atoms with E-state index in [2.05, 4.69) is 96.5 Å². The summed E-state index contributed by atoms with van der Waals surface area (Å²) in [6.45, 7) is 13.9. The van der Waals surface area contributed by atoms with E-state index in [-0.39, 0.29) is 0 Å². The second-order valence-electron chi connectivity index (χ2n) is 17.4. The number of nitrogens with one attached hydrogen (secondary N) is 2. The Labute approximate surface area is 331 Å². The summed E-state index contributed by atoms with van der Waals surface area (Å²) in [6.07, 6.45) is 50.8. The monoisotopic (exact) mass is 735 g/mol. The molecular weight excluding hydrogens is 645 g/mol. The molecule has 53 heavy (non-hydrogen) atoms. The van der Waals surface area contributed by atoms with E-state index in [0.717, 1.165) is 26.2 Å². The Hall–Kier alpha value is -2.10. The average molecular weight is 735 g/mol. The van der Waals surface area contributed by atoms with Gasteiger partial charge in [0.2, 0.25) is 0 Å². The van der Waals surface area contributed by atoms with Crippen LogP contribution in [0.2, 0.25) is 0 Å². The highest BCUT2D eigenvalue weighted by atomic mass is 14.9. The number of aromatic nitrogens is 2.